The predicted octanol–water partition coefficient (Wildman–Crippen LogP) is -0.245. The Morgan fingerprint density at radius 3 is 2.53 bits per heavy atom. The van der Waals surface area contributed by atoms with Crippen molar-refractivity contribution in [3.8, 4) is 0 Å². The van der Waals surface area contributed by atoms with Gasteiger partial charge in [-0.3, -0.25) is 9.69 Å². The SMILES string of the molecule is CC(O)CN1CCN(C(=O)C(C)C2CNC2)CC1C. The van der Waals surface area contributed by atoms with Crippen molar-refractivity contribution in [2.24, 2.45) is 11.8 Å². The highest BCUT2D eigenvalue weighted by molar-refractivity contribution is 5.79. The summed E-state index contributed by atoms with van der Waals surface area (Å²) in [6, 6.07) is 0.332. The third kappa shape index (κ3) is 3.46. The lowest BCUT2D eigenvalue weighted by Gasteiger charge is -2.42. The molecule has 0 saturated carbocycles. The normalized spacial score (nSPS) is 28.8. The molecule has 2 aliphatic rings. The maximum Gasteiger partial charge on any atom is 0.225 e. The first kappa shape index (κ1) is 14.8. The van der Waals surface area contributed by atoms with Gasteiger partial charge in [0, 0.05) is 38.1 Å². The molecular weight excluding hydrogens is 242 g/mol. The molecule has 5 heteroatoms. The summed E-state index contributed by atoms with van der Waals surface area (Å²) in [4.78, 5) is 16.7. The number of nitrogens with one attached hydrogen (secondary N) is 1. The van der Waals surface area contributed by atoms with E-state index in [-0.39, 0.29) is 12.0 Å². The number of nitrogens with zero attached hydrogens (tertiary/aromatic N) is 2. The Bertz CT molecular complexity index is 318. The zero-order chi connectivity index (χ0) is 14.0. The van der Waals surface area contributed by atoms with E-state index in [9.17, 15) is 9.90 Å². The van der Waals surface area contributed by atoms with Crippen molar-refractivity contribution in [1.29, 1.82) is 0 Å². The number of carbonyl (C=O) groups excluding carboxylic acids is 1. The monoisotopic (exact) mass is 269 g/mol. The van der Waals surface area contributed by atoms with E-state index in [0.717, 1.165) is 32.7 Å². The van der Waals surface area contributed by atoms with Crippen LogP contribution in [0, 0.1) is 11.8 Å². The highest BCUT2D eigenvalue weighted by Crippen LogP contribution is 2.20. The maximum absolute atomic E-state index is 12.4. The fourth-order valence-corrected chi connectivity index (χ4v) is 2.96. The average Bonchev–Trinajstić information content (AvgIpc) is 2.28. The molecule has 0 bridgehead atoms. The summed E-state index contributed by atoms with van der Waals surface area (Å²) >= 11 is 0. The van der Waals surface area contributed by atoms with Gasteiger partial charge in [-0.05, 0) is 32.9 Å². The van der Waals surface area contributed by atoms with E-state index < -0.39 is 0 Å². The fraction of sp³-hybridized carbons (Fsp3) is 0.929. The Morgan fingerprint density at radius 2 is 2.05 bits per heavy atom. The standard InChI is InChI=1S/C14H27N3O2/c1-10-8-17(5-4-16(10)9-11(2)18)14(19)12(3)13-6-15-7-13/h10-13,15,18H,4-9H2,1-3H3. The number of piperazine rings is 1. The molecular formula is C14H27N3O2. The molecule has 2 aliphatic heterocycles. The number of amides is 1. The first-order valence-corrected chi connectivity index (χ1v) is 7.40. The average molecular weight is 269 g/mol. The number of aliphatic hydroxyl groups is 1. The number of rotatable bonds is 4. The third-order valence-corrected chi connectivity index (χ3v) is 4.49. The Hall–Kier alpha value is -0.650. The molecule has 0 aromatic rings. The van der Waals surface area contributed by atoms with E-state index in [2.05, 4.69) is 24.1 Å². The fourth-order valence-electron chi connectivity index (χ4n) is 2.96. The van der Waals surface area contributed by atoms with Crippen molar-refractivity contribution in [3.63, 3.8) is 0 Å². The van der Waals surface area contributed by atoms with E-state index in [1.165, 1.54) is 0 Å². The second kappa shape index (κ2) is 6.20. The van der Waals surface area contributed by atoms with Gasteiger partial charge in [0.25, 0.3) is 0 Å². The minimum Gasteiger partial charge on any atom is -0.392 e. The van der Waals surface area contributed by atoms with Crippen LogP contribution in [0.4, 0.5) is 0 Å². The molecule has 2 heterocycles. The predicted molar refractivity (Wildman–Crippen MR) is 74.8 cm³/mol. The quantitative estimate of drug-likeness (QED) is 0.739. The summed E-state index contributed by atoms with van der Waals surface area (Å²) in [6.45, 7) is 11.1. The van der Waals surface area contributed by atoms with Gasteiger partial charge < -0.3 is 15.3 Å². The molecule has 5 nitrogen and oxygen atoms in total. The van der Waals surface area contributed by atoms with Gasteiger partial charge >= 0.3 is 0 Å². The second-order valence-corrected chi connectivity index (χ2v) is 6.18. The van der Waals surface area contributed by atoms with Crippen LogP contribution < -0.4 is 5.32 Å². The van der Waals surface area contributed by atoms with Crippen LogP contribution in [0.3, 0.4) is 0 Å². The Labute approximate surface area is 115 Å². The van der Waals surface area contributed by atoms with Gasteiger partial charge in [-0.2, -0.15) is 0 Å². The summed E-state index contributed by atoms with van der Waals surface area (Å²) in [5.74, 6) is 0.949. The molecule has 0 aliphatic carbocycles. The number of β-amino-alcohol motifs (C(OH)–C–C–N with tert-alkyl or cyclic N) is 1. The summed E-state index contributed by atoms with van der Waals surface area (Å²) in [6.07, 6.45) is -0.301. The van der Waals surface area contributed by atoms with Crippen LogP contribution >= 0.6 is 0 Å². The zero-order valence-electron chi connectivity index (χ0n) is 12.3. The molecule has 3 unspecified atom stereocenters. The Kier molecular flexibility index (Phi) is 4.81. The molecule has 19 heavy (non-hydrogen) atoms. The minimum absolute atomic E-state index is 0.136. The summed E-state index contributed by atoms with van der Waals surface area (Å²) in [7, 11) is 0. The van der Waals surface area contributed by atoms with Gasteiger partial charge in [0.15, 0.2) is 0 Å². The molecule has 2 N–H and O–H groups in total. The first-order chi connectivity index (χ1) is 8.99. The van der Waals surface area contributed by atoms with Gasteiger partial charge in [-0.15, -0.1) is 0 Å². The van der Waals surface area contributed by atoms with E-state index in [4.69, 9.17) is 0 Å². The Morgan fingerprint density at radius 1 is 1.37 bits per heavy atom. The van der Waals surface area contributed by atoms with E-state index in [1.54, 1.807) is 0 Å². The molecule has 2 rings (SSSR count). The van der Waals surface area contributed by atoms with Crippen molar-refractivity contribution >= 4 is 5.91 Å². The van der Waals surface area contributed by atoms with Crippen LogP contribution in [-0.2, 0) is 4.79 Å². The molecule has 3 atom stereocenters. The second-order valence-electron chi connectivity index (χ2n) is 6.18. The van der Waals surface area contributed by atoms with E-state index in [0.29, 0.717) is 24.4 Å². The molecule has 2 saturated heterocycles. The van der Waals surface area contributed by atoms with Crippen molar-refractivity contribution in [2.75, 3.05) is 39.3 Å². The van der Waals surface area contributed by atoms with Gasteiger partial charge in [0.05, 0.1) is 6.10 Å². The molecule has 2 fully saturated rings. The molecule has 1 amide bonds. The number of carbonyl (C=O) groups is 1. The highest BCUT2D eigenvalue weighted by Gasteiger charge is 2.34. The lowest BCUT2D eigenvalue weighted by atomic mass is 9.87. The lowest BCUT2D eigenvalue weighted by Crippen LogP contribution is -2.57. The molecule has 110 valence electrons. The number of hydrogen-bond donors (Lipinski definition) is 2. The van der Waals surface area contributed by atoms with Gasteiger partial charge in [0.1, 0.15) is 0 Å². The zero-order valence-corrected chi connectivity index (χ0v) is 12.3. The summed E-state index contributed by atoms with van der Waals surface area (Å²) in [5, 5.41) is 12.7. The van der Waals surface area contributed by atoms with Crippen molar-refractivity contribution in [1.82, 2.24) is 15.1 Å². The largest absolute Gasteiger partial charge is 0.392 e. The molecule has 0 radical (unpaired) electrons. The summed E-state index contributed by atoms with van der Waals surface area (Å²) in [5.41, 5.74) is 0. The summed E-state index contributed by atoms with van der Waals surface area (Å²) < 4.78 is 0. The highest BCUT2D eigenvalue weighted by atomic mass is 16.3. The molecule has 0 spiro atoms. The van der Waals surface area contributed by atoms with Crippen LogP contribution in [0.1, 0.15) is 20.8 Å². The van der Waals surface area contributed by atoms with Crippen molar-refractivity contribution < 1.29 is 9.90 Å². The topological polar surface area (TPSA) is 55.8 Å². The lowest BCUT2D eigenvalue weighted by molar-refractivity contribution is -0.140. The number of hydrogen-bond acceptors (Lipinski definition) is 4. The van der Waals surface area contributed by atoms with Crippen molar-refractivity contribution in [2.45, 2.75) is 32.9 Å². The van der Waals surface area contributed by atoms with Gasteiger partial charge in [-0.1, -0.05) is 6.92 Å². The first-order valence-electron chi connectivity index (χ1n) is 7.40. The van der Waals surface area contributed by atoms with E-state index in [1.807, 2.05) is 11.8 Å². The Balaban J connectivity index is 1.84. The van der Waals surface area contributed by atoms with Crippen molar-refractivity contribution in [3.05, 3.63) is 0 Å². The van der Waals surface area contributed by atoms with Gasteiger partial charge in [-0.25, -0.2) is 0 Å². The molecule has 0 aromatic heterocycles. The van der Waals surface area contributed by atoms with Crippen LogP contribution in [0.15, 0.2) is 0 Å². The minimum atomic E-state index is -0.301. The van der Waals surface area contributed by atoms with Crippen LogP contribution in [0.2, 0.25) is 0 Å². The van der Waals surface area contributed by atoms with Crippen LogP contribution in [0.25, 0.3) is 0 Å². The maximum atomic E-state index is 12.4. The van der Waals surface area contributed by atoms with E-state index >= 15 is 0 Å². The third-order valence-electron chi connectivity index (χ3n) is 4.49. The van der Waals surface area contributed by atoms with Crippen LogP contribution in [0.5, 0.6) is 0 Å². The smallest absolute Gasteiger partial charge is 0.225 e. The number of aliphatic hydroxyl groups excluding tert-OH is 1. The molecule has 0 aromatic carbocycles. The van der Waals surface area contributed by atoms with Crippen LogP contribution in [-0.4, -0.2) is 72.2 Å². The van der Waals surface area contributed by atoms with Gasteiger partial charge in [0.2, 0.25) is 5.91 Å².